The van der Waals surface area contributed by atoms with Crippen LogP contribution in [0.25, 0.3) is 0 Å². The van der Waals surface area contributed by atoms with Gasteiger partial charge >= 0.3 is 0 Å². The van der Waals surface area contributed by atoms with Crippen molar-refractivity contribution >= 4 is 16.7 Å². The van der Waals surface area contributed by atoms with Crippen molar-refractivity contribution in [3.8, 4) is 17.2 Å². The molecule has 0 aromatic heterocycles. The third-order valence-corrected chi connectivity index (χ3v) is 4.44. The average molecular weight is 339 g/mol. The zero-order chi connectivity index (χ0) is 16.8. The minimum absolute atomic E-state index is 0.672. The van der Waals surface area contributed by atoms with Gasteiger partial charge in [-0.2, -0.15) is 0 Å². The van der Waals surface area contributed by atoms with E-state index in [4.69, 9.17) is 9.47 Å². The Hall–Kier alpha value is -2.79. The molecule has 0 amide bonds. The minimum atomic E-state index is -1.34. The van der Waals surface area contributed by atoms with Crippen molar-refractivity contribution in [3.63, 3.8) is 0 Å². The van der Waals surface area contributed by atoms with Crippen LogP contribution in [0.5, 0.6) is 17.2 Å². The second-order valence-electron chi connectivity index (χ2n) is 4.99. The van der Waals surface area contributed by atoms with Crippen LogP contribution in [0.2, 0.25) is 0 Å². The van der Waals surface area contributed by atoms with Crippen molar-refractivity contribution < 1.29 is 13.7 Å². The van der Waals surface area contributed by atoms with Gasteiger partial charge in [-0.1, -0.05) is 18.2 Å². The first-order chi connectivity index (χ1) is 11.7. The van der Waals surface area contributed by atoms with Crippen LogP contribution in [0.3, 0.4) is 0 Å². The molecule has 0 aliphatic carbocycles. The standard InChI is InChI=1S/C19H17NO3S/c1-22-16-9-7-15(8-10-16)20-24(21)19-13-11-18(12-14-19)23-17-5-3-2-4-6-17/h2-14,20H,1H3. The van der Waals surface area contributed by atoms with Gasteiger partial charge in [0.2, 0.25) is 0 Å². The molecule has 5 heteroatoms. The Kier molecular flexibility index (Phi) is 5.13. The second kappa shape index (κ2) is 7.66. The monoisotopic (exact) mass is 339 g/mol. The first kappa shape index (κ1) is 16.1. The Morgan fingerprint density at radius 2 is 1.33 bits per heavy atom. The summed E-state index contributed by atoms with van der Waals surface area (Å²) in [6.45, 7) is 0. The molecule has 0 fully saturated rings. The molecule has 0 aliphatic heterocycles. The van der Waals surface area contributed by atoms with Crippen LogP contribution < -0.4 is 14.2 Å². The normalized spacial score (nSPS) is 11.5. The van der Waals surface area contributed by atoms with Crippen molar-refractivity contribution in [2.75, 3.05) is 11.8 Å². The molecule has 0 radical (unpaired) electrons. The van der Waals surface area contributed by atoms with Crippen LogP contribution in [0, 0.1) is 0 Å². The van der Waals surface area contributed by atoms with E-state index in [0.717, 1.165) is 17.2 Å². The summed E-state index contributed by atoms with van der Waals surface area (Å²) in [5.41, 5.74) is 0.763. The highest BCUT2D eigenvalue weighted by atomic mass is 32.2. The van der Waals surface area contributed by atoms with Crippen LogP contribution in [0.4, 0.5) is 5.69 Å². The van der Waals surface area contributed by atoms with Crippen molar-refractivity contribution in [3.05, 3.63) is 78.9 Å². The van der Waals surface area contributed by atoms with E-state index < -0.39 is 11.0 Å². The number of para-hydroxylation sites is 1. The number of anilines is 1. The van der Waals surface area contributed by atoms with Gasteiger partial charge in [0.1, 0.15) is 28.2 Å². The first-order valence-corrected chi connectivity index (χ1v) is 8.55. The number of rotatable bonds is 6. The molecular formula is C19H17NO3S. The minimum Gasteiger partial charge on any atom is -0.497 e. The van der Waals surface area contributed by atoms with Gasteiger partial charge in [0.15, 0.2) is 0 Å². The molecule has 4 nitrogen and oxygen atoms in total. The van der Waals surface area contributed by atoms with Gasteiger partial charge in [0.05, 0.1) is 12.0 Å². The Bertz CT molecular complexity index is 802. The Morgan fingerprint density at radius 1 is 0.750 bits per heavy atom. The smallest absolute Gasteiger partial charge is 0.150 e. The van der Waals surface area contributed by atoms with E-state index in [1.165, 1.54) is 0 Å². The maximum atomic E-state index is 12.4. The summed E-state index contributed by atoms with van der Waals surface area (Å²) in [6, 6.07) is 24.0. The fraction of sp³-hybridized carbons (Fsp3) is 0.0526. The zero-order valence-corrected chi connectivity index (χ0v) is 14.0. The number of benzene rings is 3. The average Bonchev–Trinajstić information content (AvgIpc) is 2.64. The third-order valence-electron chi connectivity index (χ3n) is 3.32. The van der Waals surface area contributed by atoms with Crippen molar-refractivity contribution in [2.45, 2.75) is 4.90 Å². The van der Waals surface area contributed by atoms with Crippen LogP contribution >= 0.6 is 0 Å². The predicted molar refractivity (Wildman–Crippen MR) is 96.0 cm³/mol. The van der Waals surface area contributed by atoms with E-state index in [1.807, 2.05) is 54.6 Å². The lowest BCUT2D eigenvalue weighted by atomic mass is 10.3. The summed E-state index contributed by atoms with van der Waals surface area (Å²) >= 11 is 0. The zero-order valence-electron chi connectivity index (χ0n) is 13.1. The lowest BCUT2D eigenvalue weighted by Gasteiger charge is -2.09. The summed E-state index contributed by atoms with van der Waals surface area (Å²) in [5.74, 6) is 2.22. The van der Waals surface area contributed by atoms with E-state index in [0.29, 0.717) is 10.6 Å². The second-order valence-corrected chi connectivity index (χ2v) is 6.20. The summed E-state index contributed by atoms with van der Waals surface area (Å²) in [5, 5.41) is 0. The summed E-state index contributed by atoms with van der Waals surface area (Å²) < 4.78 is 26.1. The fourth-order valence-electron chi connectivity index (χ4n) is 2.08. The predicted octanol–water partition coefficient (Wildman–Crippen LogP) is 4.62. The Labute approximate surface area is 143 Å². The molecule has 3 aromatic rings. The van der Waals surface area contributed by atoms with Crippen LogP contribution in [-0.2, 0) is 11.0 Å². The van der Waals surface area contributed by atoms with Crippen LogP contribution in [-0.4, -0.2) is 11.3 Å². The molecule has 0 saturated carbocycles. The lowest BCUT2D eigenvalue weighted by molar-refractivity contribution is 0.415. The lowest BCUT2D eigenvalue weighted by Crippen LogP contribution is -2.04. The Morgan fingerprint density at radius 3 is 1.96 bits per heavy atom. The number of nitrogens with one attached hydrogen (secondary N) is 1. The number of methoxy groups -OCH3 is 1. The van der Waals surface area contributed by atoms with E-state index in [9.17, 15) is 4.21 Å². The van der Waals surface area contributed by atoms with Gasteiger partial charge < -0.3 is 14.2 Å². The van der Waals surface area contributed by atoms with Gasteiger partial charge in [0.25, 0.3) is 0 Å². The van der Waals surface area contributed by atoms with Crippen LogP contribution in [0.15, 0.2) is 83.8 Å². The first-order valence-electron chi connectivity index (χ1n) is 7.40. The van der Waals surface area contributed by atoms with Crippen molar-refractivity contribution in [2.24, 2.45) is 0 Å². The quantitative estimate of drug-likeness (QED) is 0.713. The molecule has 0 saturated heterocycles. The molecule has 1 unspecified atom stereocenters. The van der Waals surface area contributed by atoms with Gasteiger partial charge in [-0.05, 0) is 60.7 Å². The third kappa shape index (κ3) is 4.14. The molecule has 1 atom stereocenters. The molecule has 0 bridgehead atoms. The molecule has 3 aromatic carbocycles. The molecule has 24 heavy (non-hydrogen) atoms. The fourth-order valence-corrected chi connectivity index (χ4v) is 2.93. The maximum Gasteiger partial charge on any atom is 0.150 e. The van der Waals surface area contributed by atoms with Gasteiger partial charge in [-0.3, -0.25) is 0 Å². The SMILES string of the molecule is COc1ccc(NS(=O)c2ccc(Oc3ccccc3)cc2)cc1. The highest BCUT2D eigenvalue weighted by molar-refractivity contribution is 7.86. The van der Waals surface area contributed by atoms with E-state index in [1.54, 1.807) is 31.4 Å². The van der Waals surface area contributed by atoms with E-state index in [2.05, 4.69) is 4.72 Å². The Balaban J connectivity index is 1.64. The summed E-state index contributed by atoms with van der Waals surface area (Å²) in [6.07, 6.45) is 0. The van der Waals surface area contributed by atoms with Crippen molar-refractivity contribution in [1.29, 1.82) is 0 Å². The number of ether oxygens (including phenoxy) is 2. The van der Waals surface area contributed by atoms with Gasteiger partial charge in [-0.25, -0.2) is 4.21 Å². The van der Waals surface area contributed by atoms with E-state index in [-0.39, 0.29) is 0 Å². The topological polar surface area (TPSA) is 47.6 Å². The molecule has 122 valence electrons. The summed E-state index contributed by atoms with van der Waals surface area (Å²) in [7, 11) is 0.267. The summed E-state index contributed by atoms with van der Waals surface area (Å²) in [4.78, 5) is 0.672. The molecule has 0 heterocycles. The van der Waals surface area contributed by atoms with Crippen molar-refractivity contribution in [1.82, 2.24) is 0 Å². The largest absolute Gasteiger partial charge is 0.497 e. The molecule has 0 aliphatic rings. The molecule has 0 spiro atoms. The highest BCUT2D eigenvalue weighted by Crippen LogP contribution is 2.23. The molecule has 1 N–H and O–H groups in total. The number of hydrogen-bond donors (Lipinski definition) is 1. The van der Waals surface area contributed by atoms with Gasteiger partial charge in [0, 0.05) is 5.69 Å². The highest BCUT2D eigenvalue weighted by Gasteiger charge is 2.05. The molecule has 3 rings (SSSR count). The van der Waals surface area contributed by atoms with Gasteiger partial charge in [-0.15, -0.1) is 0 Å². The maximum absolute atomic E-state index is 12.4. The number of hydrogen-bond acceptors (Lipinski definition) is 3. The molecular weight excluding hydrogens is 322 g/mol. The van der Waals surface area contributed by atoms with E-state index >= 15 is 0 Å². The van der Waals surface area contributed by atoms with Crippen LogP contribution in [0.1, 0.15) is 0 Å².